The molecule has 206 valence electrons. The van der Waals surface area contributed by atoms with E-state index >= 15 is 0 Å². The Labute approximate surface area is 231 Å². The van der Waals surface area contributed by atoms with E-state index in [4.69, 9.17) is 13.9 Å². The molecule has 0 aliphatic carbocycles. The summed E-state index contributed by atoms with van der Waals surface area (Å²) in [6, 6.07) is 7.72. The Hall–Kier alpha value is -3.66. The first-order chi connectivity index (χ1) is 18.6. The number of methoxy groups -OCH3 is 1. The van der Waals surface area contributed by atoms with Crippen molar-refractivity contribution in [1.82, 2.24) is 9.88 Å². The highest BCUT2D eigenvalue weighted by molar-refractivity contribution is 7.20. The second-order valence-corrected chi connectivity index (χ2v) is 12.0. The highest BCUT2D eigenvalue weighted by atomic mass is 32.1. The van der Waals surface area contributed by atoms with Crippen molar-refractivity contribution in [3.63, 3.8) is 0 Å². The number of hydrogen-bond donors (Lipinski definition) is 0. The number of amides is 2. The molecule has 0 unspecified atom stereocenters. The van der Waals surface area contributed by atoms with Crippen LogP contribution >= 0.6 is 11.3 Å². The second-order valence-electron chi connectivity index (χ2n) is 11.0. The van der Waals surface area contributed by atoms with Crippen molar-refractivity contribution in [3.8, 4) is 16.5 Å². The minimum absolute atomic E-state index is 0.188. The van der Waals surface area contributed by atoms with Crippen molar-refractivity contribution < 1.29 is 28.3 Å². The van der Waals surface area contributed by atoms with Crippen LogP contribution in [0.4, 0.5) is 9.80 Å². The van der Waals surface area contributed by atoms with Crippen molar-refractivity contribution >= 4 is 34.1 Å². The van der Waals surface area contributed by atoms with E-state index < -0.39 is 17.1 Å². The topological polar surface area (TPSA) is 102 Å². The molecule has 9 nitrogen and oxygen atoms in total. The number of hydrogen-bond acceptors (Lipinski definition) is 8. The van der Waals surface area contributed by atoms with Crippen LogP contribution < -0.4 is 9.64 Å². The van der Waals surface area contributed by atoms with Crippen LogP contribution in [0.2, 0.25) is 0 Å². The molecule has 5 rings (SSSR count). The quantitative estimate of drug-likeness (QED) is 0.385. The summed E-state index contributed by atoms with van der Waals surface area (Å²) in [7, 11) is 1.63. The lowest BCUT2D eigenvalue weighted by Gasteiger charge is -2.44. The van der Waals surface area contributed by atoms with Gasteiger partial charge in [-0.25, -0.2) is 9.78 Å². The number of nitrogens with zero attached hydrogens (tertiary/aromatic N) is 3. The third-order valence-corrected chi connectivity index (χ3v) is 8.68. The Kier molecular flexibility index (Phi) is 7.00. The fourth-order valence-corrected chi connectivity index (χ4v) is 6.63. The maximum absolute atomic E-state index is 14.3. The summed E-state index contributed by atoms with van der Waals surface area (Å²) in [6.45, 7) is 8.23. The lowest BCUT2D eigenvalue weighted by Crippen LogP contribution is -2.58. The molecule has 0 bridgehead atoms. The van der Waals surface area contributed by atoms with E-state index in [-0.39, 0.29) is 37.6 Å². The number of para-hydroxylation sites is 1. The van der Waals surface area contributed by atoms with Gasteiger partial charge in [0.1, 0.15) is 28.0 Å². The Morgan fingerprint density at radius 2 is 1.90 bits per heavy atom. The van der Waals surface area contributed by atoms with E-state index in [1.165, 1.54) is 17.6 Å². The van der Waals surface area contributed by atoms with Crippen molar-refractivity contribution in [2.24, 2.45) is 5.41 Å². The van der Waals surface area contributed by atoms with Crippen LogP contribution in [0, 0.1) is 12.3 Å². The minimum atomic E-state index is -1.24. The van der Waals surface area contributed by atoms with Gasteiger partial charge >= 0.3 is 6.09 Å². The highest BCUT2D eigenvalue weighted by Crippen LogP contribution is 2.51. The van der Waals surface area contributed by atoms with Gasteiger partial charge in [0.05, 0.1) is 23.7 Å². The molecule has 1 aromatic carbocycles. The molecule has 0 radical (unpaired) electrons. The highest BCUT2D eigenvalue weighted by Gasteiger charge is 2.56. The summed E-state index contributed by atoms with van der Waals surface area (Å²) in [5, 5.41) is 0.616. The van der Waals surface area contributed by atoms with Crippen molar-refractivity contribution in [2.45, 2.75) is 52.6 Å². The molecule has 2 amide bonds. The number of anilines is 1. The number of Topliss-reactive ketones (excluding diaryl/α,β-unsaturated/α-hetero) is 1. The summed E-state index contributed by atoms with van der Waals surface area (Å²) in [6.07, 6.45) is 3.65. The molecule has 39 heavy (non-hydrogen) atoms. The molecule has 2 aromatic heterocycles. The number of ether oxygens (including phenoxy) is 2. The van der Waals surface area contributed by atoms with Crippen LogP contribution in [-0.2, 0) is 16.0 Å². The average Bonchev–Trinajstić information content (AvgIpc) is 3.55. The van der Waals surface area contributed by atoms with Gasteiger partial charge in [0.25, 0.3) is 0 Å². The second kappa shape index (κ2) is 10.1. The molecular weight excluding hydrogens is 518 g/mol. The maximum Gasteiger partial charge on any atom is 0.410 e. The van der Waals surface area contributed by atoms with Gasteiger partial charge in [0, 0.05) is 19.6 Å². The number of aromatic nitrogens is 1. The monoisotopic (exact) mass is 551 g/mol. The Bertz CT molecular complexity index is 1400. The smallest absolute Gasteiger partial charge is 0.410 e. The van der Waals surface area contributed by atoms with Gasteiger partial charge in [0.2, 0.25) is 11.8 Å². The number of benzene rings is 1. The van der Waals surface area contributed by atoms with E-state index in [0.717, 1.165) is 21.8 Å². The van der Waals surface area contributed by atoms with Gasteiger partial charge in [-0.05, 0) is 64.2 Å². The number of piperidine rings is 1. The summed E-state index contributed by atoms with van der Waals surface area (Å²) in [5.74, 6) is 0.762. The Balaban J connectivity index is 1.50. The van der Waals surface area contributed by atoms with Gasteiger partial charge < -0.3 is 23.7 Å². The number of ketones is 1. The summed E-state index contributed by atoms with van der Waals surface area (Å²) in [4.78, 5) is 49.5. The number of likely N-dealkylation sites (tertiary alicyclic amines) is 1. The number of carbonyl (C=O) groups excluding carboxylic acids is 3. The van der Waals surface area contributed by atoms with Gasteiger partial charge in [0.15, 0.2) is 5.78 Å². The summed E-state index contributed by atoms with van der Waals surface area (Å²) >= 11 is 1.35. The third kappa shape index (κ3) is 4.82. The number of rotatable bonds is 5. The van der Waals surface area contributed by atoms with E-state index in [0.29, 0.717) is 29.4 Å². The van der Waals surface area contributed by atoms with Crippen LogP contribution in [0.5, 0.6) is 5.75 Å². The van der Waals surface area contributed by atoms with Crippen LogP contribution in [0.1, 0.15) is 55.1 Å². The van der Waals surface area contributed by atoms with Crippen molar-refractivity contribution in [3.05, 3.63) is 53.4 Å². The number of fused-ring (bicyclic) bond motifs is 1. The zero-order valence-electron chi connectivity index (χ0n) is 22.9. The first-order valence-corrected chi connectivity index (χ1v) is 13.9. The number of thiophene rings is 1. The van der Waals surface area contributed by atoms with Crippen LogP contribution in [0.3, 0.4) is 0 Å². The first kappa shape index (κ1) is 26.9. The molecule has 1 saturated heterocycles. The normalized spacial score (nSPS) is 16.9. The molecule has 0 N–H and O–H groups in total. The molecule has 1 spiro atoms. The van der Waals surface area contributed by atoms with E-state index in [1.807, 2.05) is 52.0 Å². The molecule has 1 fully saturated rings. The van der Waals surface area contributed by atoms with Crippen LogP contribution in [0.15, 0.2) is 41.1 Å². The molecule has 0 atom stereocenters. The lowest BCUT2D eigenvalue weighted by atomic mass is 9.69. The predicted octanol–water partition coefficient (Wildman–Crippen LogP) is 5.51. The Morgan fingerprint density at radius 3 is 2.54 bits per heavy atom. The fourth-order valence-electron chi connectivity index (χ4n) is 5.37. The maximum atomic E-state index is 14.3. The lowest BCUT2D eigenvalue weighted by molar-refractivity contribution is -0.128. The van der Waals surface area contributed by atoms with Crippen LogP contribution in [-0.4, -0.2) is 60.0 Å². The molecule has 3 aromatic rings. The van der Waals surface area contributed by atoms with Crippen molar-refractivity contribution in [2.75, 3.05) is 31.6 Å². The average molecular weight is 552 g/mol. The van der Waals surface area contributed by atoms with Gasteiger partial charge in [-0.1, -0.05) is 18.2 Å². The predicted molar refractivity (Wildman–Crippen MR) is 147 cm³/mol. The Morgan fingerprint density at radius 1 is 1.18 bits per heavy atom. The van der Waals surface area contributed by atoms with Gasteiger partial charge in [-0.3, -0.25) is 9.59 Å². The van der Waals surface area contributed by atoms with E-state index in [1.54, 1.807) is 23.1 Å². The zero-order chi connectivity index (χ0) is 27.9. The minimum Gasteiger partial charge on any atom is -0.496 e. The first-order valence-electron chi connectivity index (χ1n) is 13.1. The standard InChI is InChI=1S/C29H33N3O6S/c1-18-21-23(33)29(11-15-31(16-12-29)27(35)38-28(2,3)4)26(34)32(14-10-19-8-6-7-9-20(19)36-5)25(21)39-22(18)24-30-13-17-37-24/h6-9,13,17H,10-12,14-16H2,1-5H3. The fraction of sp³-hybridized carbons (Fsp3) is 0.448. The molecule has 10 heteroatoms. The summed E-state index contributed by atoms with van der Waals surface area (Å²) in [5.41, 5.74) is 0.397. The number of carbonyl (C=O) groups is 3. The molecule has 0 saturated carbocycles. The van der Waals surface area contributed by atoms with Crippen LogP contribution in [0.25, 0.3) is 10.8 Å². The molecular formula is C29H33N3O6S. The van der Waals surface area contributed by atoms with E-state index in [9.17, 15) is 14.4 Å². The molecule has 2 aliphatic rings. The molecule has 2 aliphatic heterocycles. The molecule has 4 heterocycles. The van der Waals surface area contributed by atoms with Gasteiger partial charge in [-0.2, -0.15) is 0 Å². The largest absolute Gasteiger partial charge is 0.496 e. The van der Waals surface area contributed by atoms with E-state index in [2.05, 4.69) is 4.98 Å². The SMILES string of the molecule is COc1ccccc1CCN1C(=O)C2(CCN(C(=O)OC(C)(C)C)CC2)C(=O)c2c1sc(-c1ncco1)c2C. The van der Waals surface area contributed by atoms with Crippen molar-refractivity contribution in [1.29, 1.82) is 0 Å². The summed E-state index contributed by atoms with van der Waals surface area (Å²) < 4.78 is 16.6. The third-order valence-electron chi connectivity index (χ3n) is 7.38. The van der Waals surface area contributed by atoms with Gasteiger partial charge in [-0.15, -0.1) is 11.3 Å². The number of oxazole rings is 1. The zero-order valence-corrected chi connectivity index (χ0v) is 23.7.